The lowest BCUT2D eigenvalue weighted by atomic mass is 10.1. The molecule has 0 saturated carbocycles. The number of carbonyl (C=O) groups excluding carboxylic acids is 2. The van der Waals surface area contributed by atoms with Crippen molar-refractivity contribution in [2.45, 2.75) is 39.2 Å². The minimum atomic E-state index is -0.266. The molecular weight excluding hydrogens is 502 g/mol. The average molecular weight is 536 g/mol. The van der Waals surface area contributed by atoms with Crippen LogP contribution < -0.4 is 15.8 Å². The zero-order valence-electron chi connectivity index (χ0n) is 22.4. The van der Waals surface area contributed by atoms with Gasteiger partial charge in [-0.15, -0.1) is 5.10 Å². The number of amides is 1. The van der Waals surface area contributed by atoms with Crippen LogP contribution in [0.1, 0.15) is 47.5 Å². The average Bonchev–Trinajstić information content (AvgIpc) is 3.57. The number of rotatable bonds is 6. The van der Waals surface area contributed by atoms with Gasteiger partial charge in [-0.25, -0.2) is 0 Å². The highest BCUT2D eigenvalue weighted by atomic mass is 16.5. The summed E-state index contributed by atoms with van der Waals surface area (Å²) in [5, 5.41) is 12.4. The smallest absolute Gasteiger partial charge is 0.299 e. The highest BCUT2D eigenvalue weighted by Crippen LogP contribution is 2.28. The standard InChI is InChI=1S/C26H33N9O4/c1-3-18-22(25(38)35-26(34(18)13-14-36)28-23(30-35)17-6-15-39-16-7-17)32-9-11-33(12-10-32)24(37)21-20-19(31(2)29-21)5-4-8-27-20/h6,14,27H,3-5,7-13,15-16H2,1-2H3. The fourth-order valence-corrected chi connectivity index (χ4v) is 5.83. The van der Waals surface area contributed by atoms with Crippen LogP contribution in [0, 0.1) is 0 Å². The van der Waals surface area contributed by atoms with Gasteiger partial charge in [-0.3, -0.25) is 14.3 Å². The van der Waals surface area contributed by atoms with Crippen molar-refractivity contribution in [1.29, 1.82) is 0 Å². The maximum absolute atomic E-state index is 13.8. The third-order valence-corrected chi connectivity index (χ3v) is 7.81. The first-order valence-electron chi connectivity index (χ1n) is 13.6. The van der Waals surface area contributed by atoms with Crippen molar-refractivity contribution in [2.24, 2.45) is 7.05 Å². The quantitative estimate of drug-likeness (QED) is 0.449. The Hall–Kier alpha value is -4.00. The molecule has 0 aromatic carbocycles. The summed E-state index contributed by atoms with van der Waals surface area (Å²) in [7, 11) is 1.88. The maximum Gasteiger partial charge on any atom is 0.299 e. The molecule has 3 aromatic heterocycles. The molecule has 39 heavy (non-hydrogen) atoms. The Kier molecular flexibility index (Phi) is 6.67. The molecule has 1 N–H and O–H groups in total. The molecule has 0 unspecified atom stereocenters. The first-order chi connectivity index (χ1) is 19.0. The number of aryl methyl sites for hydroxylation is 1. The molecule has 0 bridgehead atoms. The maximum atomic E-state index is 13.8. The molecule has 1 saturated heterocycles. The normalized spacial score (nSPS) is 17.6. The van der Waals surface area contributed by atoms with E-state index in [9.17, 15) is 14.4 Å². The molecule has 3 aromatic rings. The van der Waals surface area contributed by atoms with Crippen molar-refractivity contribution in [1.82, 2.24) is 33.8 Å². The van der Waals surface area contributed by atoms with Gasteiger partial charge in [0.25, 0.3) is 11.5 Å². The second-order valence-electron chi connectivity index (χ2n) is 10.0. The highest BCUT2D eigenvalue weighted by Gasteiger charge is 2.32. The van der Waals surface area contributed by atoms with E-state index in [-0.39, 0.29) is 18.0 Å². The Morgan fingerprint density at radius 2 is 2.00 bits per heavy atom. The van der Waals surface area contributed by atoms with Gasteiger partial charge in [0.2, 0.25) is 5.78 Å². The van der Waals surface area contributed by atoms with Crippen molar-refractivity contribution in [3.05, 3.63) is 39.3 Å². The molecule has 206 valence electrons. The number of hydrogen-bond donors (Lipinski definition) is 1. The third kappa shape index (κ3) is 4.30. The van der Waals surface area contributed by atoms with Crippen LogP contribution in [0.4, 0.5) is 11.4 Å². The largest absolute Gasteiger partial charge is 0.382 e. The van der Waals surface area contributed by atoms with E-state index in [1.807, 2.05) is 24.9 Å². The van der Waals surface area contributed by atoms with Crippen molar-refractivity contribution < 1.29 is 14.3 Å². The molecular formula is C26H33N9O4. The molecule has 3 aliphatic heterocycles. The van der Waals surface area contributed by atoms with Gasteiger partial charge < -0.3 is 29.2 Å². The molecule has 0 aliphatic carbocycles. The van der Waals surface area contributed by atoms with Gasteiger partial charge >= 0.3 is 0 Å². The lowest BCUT2D eigenvalue weighted by Gasteiger charge is -2.36. The van der Waals surface area contributed by atoms with Gasteiger partial charge in [-0.2, -0.15) is 14.6 Å². The van der Waals surface area contributed by atoms with Gasteiger partial charge in [0.15, 0.2) is 11.5 Å². The molecule has 3 aliphatic rings. The van der Waals surface area contributed by atoms with Crippen LogP contribution in [-0.2, 0) is 36.0 Å². The second-order valence-corrected chi connectivity index (χ2v) is 10.0. The minimum Gasteiger partial charge on any atom is -0.382 e. The van der Waals surface area contributed by atoms with Crippen LogP contribution >= 0.6 is 0 Å². The second kappa shape index (κ2) is 10.3. The number of piperazine rings is 1. The Bertz CT molecular complexity index is 1520. The van der Waals surface area contributed by atoms with Gasteiger partial charge in [-0.1, -0.05) is 13.0 Å². The summed E-state index contributed by atoms with van der Waals surface area (Å²) in [6.45, 7) is 5.78. The Balaban J connectivity index is 1.31. The Morgan fingerprint density at radius 3 is 2.72 bits per heavy atom. The lowest BCUT2D eigenvalue weighted by molar-refractivity contribution is -0.108. The molecule has 0 spiro atoms. The summed E-state index contributed by atoms with van der Waals surface area (Å²) in [5.41, 5.74) is 4.27. The van der Waals surface area contributed by atoms with Crippen LogP contribution in [0.2, 0.25) is 0 Å². The van der Waals surface area contributed by atoms with Crippen LogP contribution in [0.3, 0.4) is 0 Å². The van der Waals surface area contributed by atoms with Gasteiger partial charge in [-0.05, 0) is 31.3 Å². The number of aromatic nitrogens is 6. The van der Waals surface area contributed by atoms with E-state index >= 15 is 0 Å². The fraction of sp³-hybridized carbons (Fsp3) is 0.538. The monoisotopic (exact) mass is 535 g/mol. The number of ether oxygens (including phenoxy) is 1. The third-order valence-electron chi connectivity index (χ3n) is 7.81. The highest BCUT2D eigenvalue weighted by molar-refractivity contribution is 5.98. The fourth-order valence-electron chi connectivity index (χ4n) is 5.83. The molecule has 1 fully saturated rings. The molecule has 1 amide bonds. The van der Waals surface area contributed by atoms with Crippen LogP contribution in [0.25, 0.3) is 11.4 Å². The molecule has 0 atom stereocenters. The van der Waals surface area contributed by atoms with Crippen LogP contribution in [0.15, 0.2) is 10.9 Å². The first kappa shape index (κ1) is 25.3. The molecule has 13 heteroatoms. The van der Waals surface area contributed by atoms with E-state index < -0.39 is 0 Å². The topological polar surface area (TPSA) is 132 Å². The van der Waals surface area contributed by atoms with Crippen molar-refractivity contribution >= 4 is 34.9 Å². The molecule has 0 radical (unpaired) electrons. The Labute approximate surface area is 225 Å². The number of fused-ring (bicyclic) bond motifs is 2. The first-order valence-corrected chi connectivity index (χ1v) is 13.6. The van der Waals surface area contributed by atoms with Crippen LogP contribution in [-0.4, -0.2) is 92.0 Å². The summed E-state index contributed by atoms with van der Waals surface area (Å²) < 4.78 is 10.3. The number of anilines is 2. The van der Waals surface area contributed by atoms with E-state index in [0.29, 0.717) is 75.2 Å². The summed E-state index contributed by atoms with van der Waals surface area (Å²) in [4.78, 5) is 47.4. The van der Waals surface area contributed by atoms with Crippen LogP contribution in [0.5, 0.6) is 0 Å². The predicted molar refractivity (Wildman–Crippen MR) is 144 cm³/mol. The summed E-state index contributed by atoms with van der Waals surface area (Å²) >= 11 is 0. The lowest BCUT2D eigenvalue weighted by Crippen LogP contribution is -2.51. The van der Waals surface area contributed by atoms with Crippen molar-refractivity contribution in [3.63, 3.8) is 0 Å². The van der Waals surface area contributed by atoms with E-state index in [1.165, 1.54) is 4.52 Å². The van der Waals surface area contributed by atoms with E-state index in [0.717, 1.165) is 48.3 Å². The molecule has 6 heterocycles. The number of nitrogens with zero attached hydrogens (tertiary/aromatic N) is 8. The SMILES string of the molecule is CCc1c(N2CCN(C(=O)c3nn(C)c4c3NCCC4)CC2)c(=O)n2nc(C3=CCOCC3)nc2n1CC=O. The summed E-state index contributed by atoms with van der Waals surface area (Å²) in [5.74, 6) is 0.740. The predicted octanol–water partition coefficient (Wildman–Crippen LogP) is 0.510. The molecule has 6 rings (SSSR count). The van der Waals surface area contributed by atoms with Gasteiger partial charge in [0.05, 0.1) is 36.8 Å². The summed E-state index contributed by atoms with van der Waals surface area (Å²) in [6.07, 6.45) is 5.86. The number of nitrogens with one attached hydrogen (secondary N) is 1. The van der Waals surface area contributed by atoms with Gasteiger partial charge in [0, 0.05) is 39.8 Å². The number of carbonyl (C=O) groups is 2. The number of aldehydes is 1. The van der Waals surface area contributed by atoms with Crippen molar-refractivity contribution in [2.75, 3.05) is 56.2 Å². The van der Waals surface area contributed by atoms with Gasteiger partial charge in [0.1, 0.15) is 12.0 Å². The Morgan fingerprint density at radius 1 is 1.18 bits per heavy atom. The van der Waals surface area contributed by atoms with E-state index in [4.69, 9.17) is 4.74 Å². The van der Waals surface area contributed by atoms with E-state index in [1.54, 1.807) is 14.1 Å². The van der Waals surface area contributed by atoms with Crippen molar-refractivity contribution in [3.8, 4) is 0 Å². The molecule has 13 nitrogen and oxygen atoms in total. The number of hydrogen-bond acceptors (Lipinski definition) is 9. The minimum absolute atomic E-state index is 0.0660. The zero-order valence-corrected chi connectivity index (χ0v) is 22.4. The zero-order chi connectivity index (χ0) is 27.1. The van der Waals surface area contributed by atoms with E-state index in [2.05, 4.69) is 20.5 Å². The summed E-state index contributed by atoms with van der Waals surface area (Å²) in [6, 6.07) is 0.